The largest absolute Gasteiger partial charge is 0.334 e. The minimum atomic E-state index is 0.0316. The van der Waals surface area contributed by atoms with Gasteiger partial charge in [-0.2, -0.15) is 0 Å². The van der Waals surface area contributed by atoms with Gasteiger partial charge in [-0.05, 0) is 23.6 Å². The minimum Gasteiger partial charge on any atom is -0.334 e. The zero-order valence-corrected chi connectivity index (χ0v) is 15.6. The fraction of sp³-hybridized carbons (Fsp3) is 0.143. The fourth-order valence-corrected chi connectivity index (χ4v) is 4.26. The van der Waals surface area contributed by atoms with Crippen molar-refractivity contribution in [2.45, 2.75) is 6.42 Å². The molecular weight excluding hydrogens is 364 g/mol. The zero-order chi connectivity index (χ0) is 17.9. The van der Waals surface area contributed by atoms with Crippen molar-refractivity contribution < 1.29 is 4.79 Å². The van der Waals surface area contributed by atoms with Gasteiger partial charge in [0.05, 0.1) is 11.2 Å². The van der Waals surface area contributed by atoms with Crippen LogP contribution in [0.25, 0.3) is 16.1 Å². The lowest BCUT2D eigenvalue weighted by Crippen LogP contribution is -2.34. The molecule has 0 saturated carbocycles. The van der Waals surface area contributed by atoms with Crippen molar-refractivity contribution in [3.63, 3.8) is 0 Å². The van der Waals surface area contributed by atoms with Crippen LogP contribution in [0.15, 0.2) is 66.9 Å². The Morgan fingerprint density at radius 2 is 1.85 bits per heavy atom. The first kappa shape index (κ1) is 17.0. The van der Waals surface area contributed by atoms with Crippen LogP contribution in [0.4, 0.5) is 0 Å². The van der Waals surface area contributed by atoms with E-state index < -0.39 is 0 Å². The van der Waals surface area contributed by atoms with Crippen LogP contribution in [0.2, 0.25) is 5.02 Å². The summed E-state index contributed by atoms with van der Waals surface area (Å²) in [6.45, 7) is 1.35. The Hall–Kier alpha value is -2.43. The first-order valence-corrected chi connectivity index (χ1v) is 9.66. The second-order valence-corrected chi connectivity index (χ2v) is 7.54. The summed E-state index contributed by atoms with van der Waals surface area (Å²) in [6.07, 6.45) is 4.67. The van der Waals surface area contributed by atoms with E-state index >= 15 is 0 Å². The summed E-state index contributed by atoms with van der Waals surface area (Å²) in [5, 5.41) is 1.42. The number of halogens is 1. The summed E-state index contributed by atoms with van der Waals surface area (Å²) >= 11 is 7.63. The SMILES string of the molecule is O=C(c1cnc(-c2ccccc2Cl)s1)N1CC=C(c2ccccc2)CC1. The number of aromatic nitrogens is 1. The molecule has 0 N–H and O–H groups in total. The molecule has 0 aliphatic carbocycles. The molecule has 26 heavy (non-hydrogen) atoms. The third-order valence-corrected chi connectivity index (χ3v) is 5.81. The van der Waals surface area contributed by atoms with E-state index in [1.54, 1.807) is 6.20 Å². The molecule has 0 fully saturated rings. The van der Waals surface area contributed by atoms with Crippen molar-refractivity contribution >= 4 is 34.4 Å². The number of hydrogen-bond donors (Lipinski definition) is 0. The number of thiazole rings is 1. The topological polar surface area (TPSA) is 33.2 Å². The number of hydrogen-bond acceptors (Lipinski definition) is 3. The highest BCUT2D eigenvalue weighted by atomic mass is 35.5. The van der Waals surface area contributed by atoms with Gasteiger partial charge in [0.2, 0.25) is 0 Å². The zero-order valence-electron chi connectivity index (χ0n) is 14.1. The molecule has 2 aromatic carbocycles. The van der Waals surface area contributed by atoms with Gasteiger partial charge in [-0.3, -0.25) is 4.79 Å². The molecule has 0 radical (unpaired) electrons. The predicted molar refractivity (Wildman–Crippen MR) is 107 cm³/mol. The highest BCUT2D eigenvalue weighted by Crippen LogP contribution is 2.32. The van der Waals surface area contributed by atoms with Gasteiger partial charge >= 0.3 is 0 Å². The van der Waals surface area contributed by atoms with E-state index in [4.69, 9.17) is 11.6 Å². The van der Waals surface area contributed by atoms with Crippen LogP contribution in [0.1, 0.15) is 21.7 Å². The van der Waals surface area contributed by atoms with E-state index in [2.05, 4.69) is 23.2 Å². The van der Waals surface area contributed by atoms with Gasteiger partial charge in [0.15, 0.2) is 0 Å². The monoisotopic (exact) mass is 380 g/mol. The molecule has 0 bridgehead atoms. The maximum absolute atomic E-state index is 12.8. The van der Waals surface area contributed by atoms with Crippen LogP contribution in [-0.4, -0.2) is 28.9 Å². The van der Waals surface area contributed by atoms with Gasteiger partial charge in [0.25, 0.3) is 5.91 Å². The standard InChI is InChI=1S/C21H17ClN2OS/c22-18-9-5-4-8-17(18)20-23-14-19(26-20)21(25)24-12-10-16(11-13-24)15-6-2-1-3-7-15/h1-10,14H,11-13H2. The summed E-state index contributed by atoms with van der Waals surface area (Å²) in [4.78, 5) is 19.7. The second-order valence-electron chi connectivity index (χ2n) is 6.11. The molecule has 4 rings (SSSR count). The molecule has 1 aromatic heterocycles. The average Bonchev–Trinajstić information content (AvgIpc) is 3.18. The Bertz CT molecular complexity index is 965. The molecule has 0 saturated heterocycles. The summed E-state index contributed by atoms with van der Waals surface area (Å²) < 4.78 is 0. The Morgan fingerprint density at radius 1 is 1.08 bits per heavy atom. The summed E-state index contributed by atoms with van der Waals surface area (Å²) in [5.74, 6) is 0.0316. The molecule has 0 atom stereocenters. The maximum Gasteiger partial charge on any atom is 0.265 e. The van der Waals surface area contributed by atoms with E-state index in [1.807, 2.05) is 47.4 Å². The quantitative estimate of drug-likeness (QED) is 0.610. The molecule has 1 aliphatic rings. The number of nitrogens with zero attached hydrogens (tertiary/aromatic N) is 2. The smallest absolute Gasteiger partial charge is 0.265 e. The molecule has 0 spiro atoms. The molecular formula is C21H17ClN2OS. The Kier molecular flexibility index (Phi) is 4.87. The molecule has 130 valence electrons. The van der Waals surface area contributed by atoms with Crippen LogP contribution in [0.5, 0.6) is 0 Å². The van der Waals surface area contributed by atoms with E-state index in [9.17, 15) is 4.79 Å². The van der Waals surface area contributed by atoms with E-state index in [1.165, 1.54) is 22.5 Å². The molecule has 1 aliphatic heterocycles. The summed E-state index contributed by atoms with van der Waals surface area (Å²) in [7, 11) is 0. The maximum atomic E-state index is 12.8. The predicted octanol–water partition coefficient (Wildman–Crippen LogP) is 5.39. The van der Waals surface area contributed by atoms with Crippen LogP contribution in [0.3, 0.4) is 0 Å². The number of rotatable bonds is 3. The Labute approximate surface area is 161 Å². The van der Waals surface area contributed by atoms with Crippen molar-refractivity contribution in [2.75, 3.05) is 13.1 Å². The van der Waals surface area contributed by atoms with Gasteiger partial charge in [-0.25, -0.2) is 4.98 Å². The highest BCUT2D eigenvalue weighted by molar-refractivity contribution is 7.17. The lowest BCUT2D eigenvalue weighted by molar-refractivity contribution is 0.0777. The van der Waals surface area contributed by atoms with Crippen LogP contribution in [-0.2, 0) is 0 Å². The molecule has 2 heterocycles. The van der Waals surface area contributed by atoms with Crippen LogP contribution < -0.4 is 0 Å². The minimum absolute atomic E-state index is 0.0316. The summed E-state index contributed by atoms with van der Waals surface area (Å²) in [6, 6.07) is 17.9. The lowest BCUT2D eigenvalue weighted by Gasteiger charge is -2.26. The third kappa shape index (κ3) is 3.43. The lowest BCUT2D eigenvalue weighted by atomic mass is 9.99. The van der Waals surface area contributed by atoms with Gasteiger partial charge in [-0.1, -0.05) is 66.2 Å². The average molecular weight is 381 g/mol. The summed E-state index contributed by atoms with van der Waals surface area (Å²) in [5.41, 5.74) is 3.40. The van der Waals surface area contributed by atoms with Crippen molar-refractivity contribution in [1.82, 2.24) is 9.88 Å². The van der Waals surface area contributed by atoms with Crippen LogP contribution >= 0.6 is 22.9 Å². The third-order valence-electron chi connectivity index (χ3n) is 4.46. The van der Waals surface area contributed by atoms with E-state index in [0.717, 1.165) is 23.5 Å². The van der Waals surface area contributed by atoms with E-state index in [-0.39, 0.29) is 5.91 Å². The number of carbonyl (C=O) groups is 1. The normalized spacial score (nSPS) is 14.2. The number of benzene rings is 2. The Balaban J connectivity index is 1.50. The highest BCUT2D eigenvalue weighted by Gasteiger charge is 2.21. The van der Waals surface area contributed by atoms with Crippen LogP contribution in [0, 0.1) is 0 Å². The van der Waals surface area contributed by atoms with Gasteiger partial charge in [0.1, 0.15) is 9.88 Å². The van der Waals surface area contributed by atoms with Gasteiger partial charge in [0, 0.05) is 18.7 Å². The Morgan fingerprint density at radius 3 is 2.58 bits per heavy atom. The van der Waals surface area contributed by atoms with E-state index in [0.29, 0.717) is 16.4 Å². The molecule has 0 unspecified atom stereocenters. The van der Waals surface area contributed by atoms with Crippen molar-refractivity contribution in [3.05, 3.63) is 82.3 Å². The second kappa shape index (κ2) is 7.44. The molecule has 5 heteroatoms. The van der Waals surface area contributed by atoms with Gasteiger partial charge in [-0.15, -0.1) is 11.3 Å². The van der Waals surface area contributed by atoms with Crippen molar-refractivity contribution in [1.29, 1.82) is 0 Å². The first-order valence-electron chi connectivity index (χ1n) is 8.47. The molecule has 1 amide bonds. The molecule has 3 aromatic rings. The number of carbonyl (C=O) groups excluding carboxylic acids is 1. The first-order chi connectivity index (χ1) is 12.7. The fourth-order valence-electron chi connectivity index (χ4n) is 3.06. The molecule has 3 nitrogen and oxygen atoms in total. The number of amides is 1. The van der Waals surface area contributed by atoms with Gasteiger partial charge < -0.3 is 4.90 Å². The van der Waals surface area contributed by atoms with Crippen molar-refractivity contribution in [2.24, 2.45) is 0 Å². The van der Waals surface area contributed by atoms with Crippen molar-refractivity contribution in [3.8, 4) is 10.6 Å².